The summed E-state index contributed by atoms with van der Waals surface area (Å²) < 4.78 is 2.71. The fraction of sp³-hybridized carbons (Fsp3) is 0.231. The van der Waals surface area contributed by atoms with Crippen molar-refractivity contribution in [3.63, 3.8) is 0 Å². The number of imidazole rings is 1. The minimum atomic E-state index is -0.133. The van der Waals surface area contributed by atoms with Gasteiger partial charge in [-0.3, -0.25) is 4.79 Å². The molecule has 1 atom stereocenters. The van der Waals surface area contributed by atoms with Crippen molar-refractivity contribution < 1.29 is 4.79 Å². The maximum Gasteiger partial charge on any atom is 0.251 e. The van der Waals surface area contributed by atoms with Crippen LogP contribution in [0.5, 0.6) is 0 Å². The second kappa shape index (κ2) is 5.88. The predicted octanol–water partition coefficient (Wildman–Crippen LogP) is 2.05. The molecular weight excluding hydrogens is 308 g/mol. The molecule has 0 fully saturated rings. The maximum atomic E-state index is 12.0. The van der Waals surface area contributed by atoms with E-state index in [1.807, 2.05) is 17.7 Å². The van der Waals surface area contributed by atoms with Gasteiger partial charge in [-0.1, -0.05) is 0 Å². The first-order valence-electron chi connectivity index (χ1n) is 5.88. The first-order chi connectivity index (χ1) is 9.06. The van der Waals surface area contributed by atoms with Gasteiger partial charge in [0.1, 0.15) is 0 Å². The zero-order chi connectivity index (χ0) is 13.8. The Morgan fingerprint density at radius 2 is 2.37 bits per heavy atom. The van der Waals surface area contributed by atoms with Crippen LogP contribution in [0.2, 0.25) is 0 Å². The first kappa shape index (κ1) is 13.6. The highest BCUT2D eigenvalue weighted by atomic mass is 79.9. The summed E-state index contributed by atoms with van der Waals surface area (Å²) in [7, 11) is 0. The van der Waals surface area contributed by atoms with E-state index in [2.05, 4.69) is 26.2 Å². The van der Waals surface area contributed by atoms with Crippen LogP contribution in [-0.2, 0) is 6.54 Å². The Kier molecular flexibility index (Phi) is 4.21. The van der Waals surface area contributed by atoms with E-state index in [0.717, 1.165) is 4.47 Å². The molecule has 100 valence electrons. The lowest BCUT2D eigenvalue weighted by Crippen LogP contribution is -2.35. The average Bonchev–Trinajstić information content (AvgIpc) is 2.85. The smallest absolute Gasteiger partial charge is 0.251 e. The van der Waals surface area contributed by atoms with E-state index in [1.54, 1.807) is 30.7 Å². The Balaban J connectivity index is 1.98. The third-order valence-electron chi connectivity index (χ3n) is 2.68. The largest absolute Gasteiger partial charge is 0.398 e. The Bertz CT molecular complexity index is 568. The minimum absolute atomic E-state index is 0.00608. The van der Waals surface area contributed by atoms with Crippen LogP contribution < -0.4 is 11.1 Å². The number of hydrogen-bond donors (Lipinski definition) is 2. The Morgan fingerprint density at radius 3 is 3.00 bits per heavy atom. The number of nitrogens with two attached hydrogens (primary N) is 1. The highest BCUT2D eigenvalue weighted by Gasteiger charge is 2.11. The lowest BCUT2D eigenvalue weighted by atomic mass is 10.2. The van der Waals surface area contributed by atoms with Crippen LogP contribution in [0.15, 0.2) is 41.4 Å². The average molecular weight is 323 g/mol. The predicted molar refractivity (Wildman–Crippen MR) is 77.7 cm³/mol. The number of hydrogen-bond acceptors (Lipinski definition) is 3. The lowest BCUT2D eigenvalue weighted by Gasteiger charge is -2.14. The molecule has 3 N–H and O–H groups in total. The van der Waals surface area contributed by atoms with E-state index in [9.17, 15) is 4.79 Å². The molecule has 0 aliphatic rings. The number of anilines is 1. The summed E-state index contributed by atoms with van der Waals surface area (Å²) in [5.74, 6) is -0.133. The summed E-state index contributed by atoms with van der Waals surface area (Å²) in [5, 5.41) is 2.92. The van der Waals surface area contributed by atoms with Crippen LogP contribution in [-0.4, -0.2) is 21.5 Å². The van der Waals surface area contributed by atoms with Crippen LogP contribution in [0.4, 0.5) is 5.69 Å². The van der Waals surface area contributed by atoms with Crippen molar-refractivity contribution in [3.8, 4) is 0 Å². The molecule has 0 aliphatic carbocycles. The Morgan fingerprint density at radius 1 is 1.58 bits per heavy atom. The van der Waals surface area contributed by atoms with E-state index >= 15 is 0 Å². The number of benzene rings is 1. The molecule has 1 aromatic carbocycles. The third kappa shape index (κ3) is 3.57. The molecule has 2 aromatic rings. The molecule has 1 aromatic heterocycles. The van der Waals surface area contributed by atoms with Crippen molar-refractivity contribution in [2.75, 3.05) is 5.73 Å². The van der Waals surface area contributed by atoms with Crippen LogP contribution >= 0.6 is 15.9 Å². The number of carbonyl (C=O) groups is 1. The molecule has 2 rings (SSSR count). The van der Waals surface area contributed by atoms with Crippen molar-refractivity contribution in [3.05, 3.63) is 47.0 Å². The third-order valence-corrected chi connectivity index (χ3v) is 3.40. The summed E-state index contributed by atoms with van der Waals surface area (Å²) in [6.45, 7) is 2.62. The van der Waals surface area contributed by atoms with E-state index in [1.165, 1.54) is 0 Å². The number of amides is 1. The SMILES string of the molecule is CC(Cn1ccnc1)NC(=O)c1ccc(Br)c(N)c1. The molecule has 5 nitrogen and oxygen atoms in total. The number of carbonyl (C=O) groups excluding carboxylic acids is 1. The number of nitrogens with zero attached hydrogens (tertiary/aromatic N) is 2. The molecule has 19 heavy (non-hydrogen) atoms. The molecule has 0 saturated carbocycles. The van der Waals surface area contributed by atoms with Gasteiger partial charge >= 0.3 is 0 Å². The fourth-order valence-corrected chi connectivity index (χ4v) is 2.00. The number of halogens is 1. The van der Waals surface area contributed by atoms with E-state index in [4.69, 9.17) is 5.73 Å². The van der Waals surface area contributed by atoms with Gasteiger partial charge in [0.05, 0.1) is 6.33 Å². The summed E-state index contributed by atoms with van der Waals surface area (Å²) in [6.07, 6.45) is 5.30. The Hall–Kier alpha value is -1.82. The lowest BCUT2D eigenvalue weighted by molar-refractivity contribution is 0.0936. The van der Waals surface area contributed by atoms with Crippen molar-refractivity contribution in [2.45, 2.75) is 19.5 Å². The number of nitrogens with one attached hydrogen (secondary N) is 1. The molecule has 1 amide bonds. The summed E-state index contributed by atoms with van der Waals surface area (Å²) in [6, 6.07) is 5.17. The van der Waals surface area contributed by atoms with Gasteiger partial charge in [-0.2, -0.15) is 0 Å². The van der Waals surface area contributed by atoms with Gasteiger partial charge in [0.2, 0.25) is 0 Å². The maximum absolute atomic E-state index is 12.0. The van der Waals surface area contributed by atoms with Crippen LogP contribution in [0.1, 0.15) is 17.3 Å². The molecule has 0 radical (unpaired) electrons. The normalized spacial score (nSPS) is 12.1. The summed E-state index contributed by atoms with van der Waals surface area (Å²) >= 11 is 3.30. The topological polar surface area (TPSA) is 72.9 Å². The van der Waals surface area contributed by atoms with Gasteiger partial charge in [0.15, 0.2) is 0 Å². The molecule has 0 bridgehead atoms. The van der Waals surface area contributed by atoms with E-state index < -0.39 is 0 Å². The highest BCUT2D eigenvalue weighted by molar-refractivity contribution is 9.10. The molecule has 0 saturated heterocycles. The van der Waals surface area contributed by atoms with Gasteiger partial charge in [0.25, 0.3) is 5.91 Å². The van der Waals surface area contributed by atoms with Gasteiger partial charge in [-0.05, 0) is 41.1 Å². The Labute approximate surface area is 120 Å². The number of nitrogen functional groups attached to an aromatic ring is 1. The highest BCUT2D eigenvalue weighted by Crippen LogP contribution is 2.20. The minimum Gasteiger partial charge on any atom is -0.398 e. The van der Waals surface area contributed by atoms with Crippen molar-refractivity contribution >= 4 is 27.5 Å². The van der Waals surface area contributed by atoms with Crippen molar-refractivity contribution in [2.24, 2.45) is 0 Å². The number of rotatable bonds is 4. The van der Waals surface area contributed by atoms with Crippen LogP contribution in [0.3, 0.4) is 0 Å². The van der Waals surface area contributed by atoms with Gasteiger partial charge in [-0.25, -0.2) is 4.98 Å². The first-order valence-corrected chi connectivity index (χ1v) is 6.67. The zero-order valence-corrected chi connectivity index (χ0v) is 12.1. The zero-order valence-electron chi connectivity index (χ0n) is 10.5. The van der Waals surface area contributed by atoms with Gasteiger partial charge in [0, 0.05) is 40.7 Å². The second-order valence-electron chi connectivity index (χ2n) is 4.37. The number of aromatic nitrogens is 2. The quantitative estimate of drug-likeness (QED) is 0.846. The summed E-state index contributed by atoms with van der Waals surface area (Å²) in [5.41, 5.74) is 6.86. The van der Waals surface area contributed by atoms with Crippen molar-refractivity contribution in [1.29, 1.82) is 0 Å². The van der Waals surface area contributed by atoms with Crippen LogP contribution in [0, 0.1) is 0 Å². The molecule has 0 spiro atoms. The van der Waals surface area contributed by atoms with Gasteiger partial charge < -0.3 is 15.6 Å². The monoisotopic (exact) mass is 322 g/mol. The fourth-order valence-electron chi connectivity index (χ4n) is 1.75. The van der Waals surface area contributed by atoms with Crippen LogP contribution in [0.25, 0.3) is 0 Å². The molecular formula is C13H15BrN4O. The molecule has 1 unspecified atom stereocenters. The standard InChI is InChI=1S/C13H15BrN4O/c1-9(7-18-5-4-16-8-18)17-13(19)10-2-3-11(14)12(15)6-10/h2-6,8-9H,7,15H2,1H3,(H,17,19). The van der Waals surface area contributed by atoms with Crippen molar-refractivity contribution in [1.82, 2.24) is 14.9 Å². The molecule has 6 heteroatoms. The molecule has 0 aliphatic heterocycles. The molecule has 1 heterocycles. The van der Waals surface area contributed by atoms with E-state index in [-0.39, 0.29) is 11.9 Å². The van der Waals surface area contributed by atoms with E-state index in [0.29, 0.717) is 17.8 Å². The summed E-state index contributed by atoms with van der Waals surface area (Å²) in [4.78, 5) is 16.0. The second-order valence-corrected chi connectivity index (χ2v) is 5.22. The van der Waals surface area contributed by atoms with Gasteiger partial charge in [-0.15, -0.1) is 0 Å².